The second-order valence-electron chi connectivity index (χ2n) is 5.84. The third kappa shape index (κ3) is 2.69. The van der Waals surface area contributed by atoms with Crippen molar-refractivity contribution in [3.63, 3.8) is 0 Å². The van der Waals surface area contributed by atoms with Gasteiger partial charge in [-0.05, 0) is 25.3 Å². The molecule has 104 valence electrons. The minimum absolute atomic E-state index is 0.0279. The molecule has 1 aromatic rings. The fraction of sp³-hybridized carbons (Fsp3) is 0.625. The number of rotatable bonds is 3. The Morgan fingerprint density at radius 1 is 1.32 bits per heavy atom. The van der Waals surface area contributed by atoms with Crippen molar-refractivity contribution in [2.75, 3.05) is 13.2 Å². The summed E-state index contributed by atoms with van der Waals surface area (Å²) in [5, 5.41) is 9.39. The molecule has 0 aromatic heterocycles. The largest absolute Gasteiger partial charge is 0.394 e. The highest BCUT2D eigenvalue weighted by Gasteiger charge is 2.38. The van der Waals surface area contributed by atoms with E-state index in [4.69, 9.17) is 4.74 Å². The minimum Gasteiger partial charge on any atom is -0.394 e. The number of hydrogen-bond acceptors (Lipinski definition) is 3. The van der Waals surface area contributed by atoms with Crippen LogP contribution in [0.3, 0.4) is 0 Å². The van der Waals surface area contributed by atoms with E-state index in [0.717, 1.165) is 6.54 Å². The van der Waals surface area contributed by atoms with Gasteiger partial charge in [-0.1, -0.05) is 42.7 Å². The van der Waals surface area contributed by atoms with Gasteiger partial charge in [-0.15, -0.1) is 0 Å². The first-order chi connectivity index (χ1) is 9.28. The van der Waals surface area contributed by atoms with Gasteiger partial charge >= 0.3 is 0 Å². The Bertz CT molecular complexity index is 429. The number of aliphatic hydroxyl groups is 1. The highest BCUT2D eigenvalue weighted by molar-refractivity contribution is 5.24. The van der Waals surface area contributed by atoms with Crippen molar-refractivity contribution in [2.24, 2.45) is 0 Å². The van der Waals surface area contributed by atoms with Gasteiger partial charge < -0.3 is 9.84 Å². The van der Waals surface area contributed by atoms with Crippen LogP contribution in [0.25, 0.3) is 0 Å². The van der Waals surface area contributed by atoms with E-state index in [2.05, 4.69) is 36.1 Å². The summed E-state index contributed by atoms with van der Waals surface area (Å²) < 4.78 is 6.05. The van der Waals surface area contributed by atoms with E-state index in [0.29, 0.717) is 6.04 Å². The summed E-state index contributed by atoms with van der Waals surface area (Å²) in [6.45, 7) is 3.09. The monoisotopic (exact) mass is 261 g/mol. The number of aliphatic hydroxyl groups excluding tert-OH is 1. The van der Waals surface area contributed by atoms with Crippen molar-refractivity contribution in [2.45, 2.75) is 51.0 Å². The van der Waals surface area contributed by atoms with Crippen LogP contribution in [0, 0.1) is 6.92 Å². The van der Waals surface area contributed by atoms with Crippen LogP contribution in [0.15, 0.2) is 24.3 Å². The summed E-state index contributed by atoms with van der Waals surface area (Å²) in [6, 6.07) is 9.17. The van der Waals surface area contributed by atoms with Gasteiger partial charge in [-0.2, -0.15) is 0 Å². The molecule has 3 rings (SSSR count). The maximum atomic E-state index is 9.39. The molecule has 3 nitrogen and oxygen atoms in total. The zero-order valence-electron chi connectivity index (χ0n) is 11.6. The Morgan fingerprint density at radius 2 is 2.11 bits per heavy atom. The summed E-state index contributed by atoms with van der Waals surface area (Å²) in [5.74, 6) is 0. The van der Waals surface area contributed by atoms with Gasteiger partial charge in [-0.25, -0.2) is 0 Å². The Hall–Kier alpha value is -0.900. The molecule has 0 amide bonds. The van der Waals surface area contributed by atoms with Crippen molar-refractivity contribution in [3.8, 4) is 0 Å². The average molecular weight is 261 g/mol. The maximum Gasteiger partial charge on any atom is 0.137 e. The van der Waals surface area contributed by atoms with Crippen LogP contribution in [0.1, 0.15) is 43.0 Å². The zero-order chi connectivity index (χ0) is 13.2. The van der Waals surface area contributed by atoms with Crippen molar-refractivity contribution in [1.29, 1.82) is 0 Å². The van der Waals surface area contributed by atoms with Crippen LogP contribution in [0.5, 0.6) is 0 Å². The number of ether oxygens (including phenoxy) is 1. The van der Waals surface area contributed by atoms with E-state index < -0.39 is 0 Å². The standard InChI is InChI=1S/C16H23NO2/c1-12-5-4-6-13(9-12)16-17(10-15(11-18)19-16)14-7-2-3-8-14/h4-6,9,14-16,18H,2-3,7-8,10-11H2,1H3. The summed E-state index contributed by atoms with van der Waals surface area (Å²) in [6.07, 6.45) is 5.18. The molecule has 1 saturated heterocycles. The van der Waals surface area contributed by atoms with Gasteiger partial charge in [0.05, 0.1) is 12.7 Å². The Balaban J connectivity index is 1.83. The van der Waals surface area contributed by atoms with Crippen LogP contribution in [0.4, 0.5) is 0 Å². The highest BCUT2D eigenvalue weighted by Crippen LogP contribution is 2.37. The lowest BCUT2D eigenvalue weighted by Gasteiger charge is -2.29. The lowest BCUT2D eigenvalue weighted by atomic mass is 10.1. The van der Waals surface area contributed by atoms with Crippen LogP contribution < -0.4 is 0 Å². The lowest BCUT2D eigenvalue weighted by Crippen LogP contribution is -2.34. The molecule has 1 N–H and O–H groups in total. The first kappa shape index (κ1) is 13.1. The zero-order valence-corrected chi connectivity index (χ0v) is 11.6. The molecule has 19 heavy (non-hydrogen) atoms. The SMILES string of the molecule is Cc1cccc(C2OC(CO)CN2C2CCCC2)c1. The molecule has 1 aliphatic carbocycles. The van der Waals surface area contributed by atoms with E-state index in [1.165, 1.54) is 36.8 Å². The number of nitrogens with zero attached hydrogens (tertiary/aromatic N) is 1. The van der Waals surface area contributed by atoms with E-state index in [1.54, 1.807) is 0 Å². The number of benzene rings is 1. The van der Waals surface area contributed by atoms with Crippen molar-refractivity contribution in [3.05, 3.63) is 35.4 Å². The van der Waals surface area contributed by atoms with Crippen LogP contribution in [0.2, 0.25) is 0 Å². The molecule has 3 heteroatoms. The Labute approximate surface area is 115 Å². The maximum absolute atomic E-state index is 9.39. The molecule has 2 unspecified atom stereocenters. The van der Waals surface area contributed by atoms with Crippen LogP contribution in [-0.4, -0.2) is 35.3 Å². The second kappa shape index (κ2) is 5.61. The fourth-order valence-electron chi connectivity index (χ4n) is 3.41. The number of hydrogen-bond donors (Lipinski definition) is 1. The van der Waals surface area contributed by atoms with Gasteiger partial charge in [0.25, 0.3) is 0 Å². The molecule has 1 aliphatic heterocycles. The Kier molecular flexibility index (Phi) is 3.87. The summed E-state index contributed by atoms with van der Waals surface area (Å²) in [7, 11) is 0. The summed E-state index contributed by atoms with van der Waals surface area (Å²) in [4.78, 5) is 2.46. The smallest absolute Gasteiger partial charge is 0.137 e. The van der Waals surface area contributed by atoms with E-state index in [9.17, 15) is 5.11 Å². The van der Waals surface area contributed by atoms with Crippen LogP contribution >= 0.6 is 0 Å². The first-order valence-corrected chi connectivity index (χ1v) is 7.36. The topological polar surface area (TPSA) is 32.7 Å². The summed E-state index contributed by atoms with van der Waals surface area (Å²) >= 11 is 0. The molecule has 0 radical (unpaired) electrons. The lowest BCUT2D eigenvalue weighted by molar-refractivity contribution is -0.0296. The predicted octanol–water partition coefficient (Wildman–Crippen LogP) is 2.63. The van der Waals surface area contributed by atoms with Gasteiger partial charge in [0.1, 0.15) is 6.23 Å². The molecule has 2 fully saturated rings. The van der Waals surface area contributed by atoms with Gasteiger partial charge in [0, 0.05) is 12.6 Å². The molecule has 2 atom stereocenters. The molecule has 1 saturated carbocycles. The molecule has 0 bridgehead atoms. The molecule has 2 aliphatic rings. The average Bonchev–Trinajstić information content (AvgIpc) is 3.07. The molecular formula is C16H23NO2. The van der Waals surface area contributed by atoms with Gasteiger partial charge in [-0.3, -0.25) is 4.90 Å². The molecule has 1 aromatic carbocycles. The highest BCUT2D eigenvalue weighted by atomic mass is 16.5. The van der Waals surface area contributed by atoms with E-state index in [1.807, 2.05) is 0 Å². The van der Waals surface area contributed by atoms with E-state index >= 15 is 0 Å². The normalized spacial score (nSPS) is 29.2. The third-order valence-corrected chi connectivity index (χ3v) is 4.36. The third-order valence-electron chi connectivity index (χ3n) is 4.36. The van der Waals surface area contributed by atoms with Crippen molar-refractivity contribution < 1.29 is 9.84 Å². The Morgan fingerprint density at radius 3 is 2.79 bits per heavy atom. The van der Waals surface area contributed by atoms with Gasteiger partial charge in [0.15, 0.2) is 0 Å². The molecule has 1 heterocycles. The minimum atomic E-state index is -0.0360. The quantitative estimate of drug-likeness (QED) is 0.908. The summed E-state index contributed by atoms with van der Waals surface area (Å²) in [5.41, 5.74) is 2.49. The second-order valence-corrected chi connectivity index (χ2v) is 5.84. The molecule has 0 spiro atoms. The van der Waals surface area contributed by atoms with Crippen molar-refractivity contribution >= 4 is 0 Å². The van der Waals surface area contributed by atoms with Crippen LogP contribution in [-0.2, 0) is 4.74 Å². The van der Waals surface area contributed by atoms with Crippen molar-refractivity contribution in [1.82, 2.24) is 4.90 Å². The fourth-order valence-corrected chi connectivity index (χ4v) is 3.41. The first-order valence-electron chi connectivity index (χ1n) is 7.36. The van der Waals surface area contributed by atoms with Gasteiger partial charge in [0.2, 0.25) is 0 Å². The van der Waals surface area contributed by atoms with E-state index in [-0.39, 0.29) is 18.9 Å². The molecular weight excluding hydrogens is 238 g/mol. The predicted molar refractivity (Wildman–Crippen MR) is 74.8 cm³/mol. The number of aryl methyl sites for hydroxylation is 1.